The molecule has 0 radical (unpaired) electrons. The lowest BCUT2D eigenvalue weighted by Gasteiger charge is -1.96. The summed E-state index contributed by atoms with van der Waals surface area (Å²) < 4.78 is 34.2. The van der Waals surface area contributed by atoms with E-state index in [-0.39, 0.29) is 12.3 Å². The molecule has 0 unspecified atom stereocenters. The van der Waals surface area contributed by atoms with Crippen LogP contribution >= 0.6 is 0 Å². The van der Waals surface area contributed by atoms with Crippen LogP contribution in [0, 0.1) is 0 Å². The van der Waals surface area contributed by atoms with Crippen molar-refractivity contribution in [3.8, 4) is 0 Å². The number of hydrogen-bond acceptors (Lipinski definition) is 5. The van der Waals surface area contributed by atoms with Gasteiger partial charge in [0.25, 0.3) is 5.16 Å². The maximum absolute atomic E-state index is 11.0. The zero-order chi connectivity index (χ0) is 10.8. The molecule has 14 heavy (non-hydrogen) atoms. The van der Waals surface area contributed by atoms with Crippen LogP contribution in [0.3, 0.4) is 0 Å². The van der Waals surface area contributed by atoms with Gasteiger partial charge in [0.15, 0.2) is 0 Å². The van der Waals surface area contributed by atoms with Gasteiger partial charge in [-0.1, -0.05) is 0 Å². The summed E-state index contributed by atoms with van der Waals surface area (Å²) in [5.74, 6) is -0.727. The third-order valence-electron chi connectivity index (χ3n) is 1.29. The van der Waals surface area contributed by atoms with Crippen molar-refractivity contribution >= 4 is 16.1 Å². The van der Waals surface area contributed by atoms with Gasteiger partial charge in [0.2, 0.25) is 0 Å². The van der Waals surface area contributed by atoms with Gasteiger partial charge in [0, 0.05) is 0 Å². The van der Waals surface area contributed by atoms with Crippen LogP contribution in [0.25, 0.3) is 0 Å². The average molecular weight is 220 g/mol. The number of nitrogens with one attached hydrogen (secondary N) is 1. The van der Waals surface area contributed by atoms with Crippen molar-refractivity contribution in [2.75, 3.05) is 6.61 Å². The third-order valence-corrected chi connectivity index (χ3v) is 1.99. The van der Waals surface area contributed by atoms with Gasteiger partial charge in [-0.15, -0.1) is 0 Å². The molecule has 0 bridgehead atoms. The first-order valence-corrected chi connectivity index (χ1v) is 5.08. The number of hydrogen-bond donors (Lipinski definition) is 2. The maximum atomic E-state index is 11.0. The fourth-order valence-corrected chi connectivity index (χ4v) is 1.17. The molecular formula is C6H8N2O5S. The number of ether oxygens (including phenoxy) is 1. The Kier molecular flexibility index (Phi) is 2.87. The summed E-state index contributed by atoms with van der Waals surface area (Å²) in [5, 5.41) is -0.680. The molecule has 8 heteroatoms. The first-order chi connectivity index (χ1) is 6.45. The highest BCUT2D eigenvalue weighted by Gasteiger charge is 2.17. The van der Waals surface area contributed by atoms with Crippen molar-refractivity contribution < 1.29 is 22.5 Å². The molecule has 1 aromatic rings. The summed E-state index contributed by atoms with van der Waals surface area (Å²) in [4.78, 5) is 16.4. The molecule has 0 saturated heterocycles. The molecule has 0 saturated carbocycles. The minimum atomic E-state index is -4.40. The molecule has 1 rings (SSSR count). The summed E-state index contributed by atoms with van der Waals surface area (Å²) in [7, 11) is -4.40. The van der Waals surface area contributed by atoms with E-state index >= 15 is 0 Å². The molecule has 0 spiro atoms. The summed E-state index contributed by atoms with van der Waals surface area (Å²) in [6, 6.07) is 0. The Balaban J connectivity index is 2.94. The second-order valence-electron chi connectivity index (χ2n) is 2.30. The first kappa shape index (κ1) is 10.7. The van der Waals surface area contributed by atoms with E-state index in [1.165, 1.54) is 0 Å². The number of H-pyrrole nitrogens is 1. The van der Waals surface area contributed by atoms with E-state index in [4.69, 9.17) is 4.55 Å². The number of aromatic nitrogens is 2. The molecule has 2 N–H and O–H groups in total. The van der Waals surface area contributed by atoms with Gasteiger partial charge in [0.1, 0.15) is 5.69 Å². The van der Waals surface area contributed by atoms with Crippen LogP contribution in [-0.2, 0) is 14.9 Å². The number of nitrogens with zero attached hydrogens (tertiary/aromatic N) is 1. The van der Waals surface area contributed by atoms with Crippen molar-refractivity contribution in [1.82, 2.24) is 9.97 Å². The molecule has 0 aromatic carbocycles. The van der Waals surface area contributed by atoms with Crippen LogP contribution in [0.5, 0.6) is 0 Å². The van der Waals surface area contributed by atoms with Gasteiger partial charge in [-0.2, -0.15) is 8.42 Å². The Morgan fingerprint density at radius 2 is 2.36 bits per heavy atom. The number of aromatic amines is 1. The molecule has 0 aliphatic heterocycles. The van der Waals surface area contributed by atoms with Crippen LogP contribution in [0.1, 0.15) is 17.4 Å². The van der Waals surface area contributed by atoms with Crippen LogP contribution in [-0.4, -0.2) is 35.5 Å². The van der Waals surface area contributed by atoms with Crippen LogP contribution in [0.4, 0.5) is 0 Å². The first-order valence-electron chi connectivity index (χ1n) is 3.64. The number of rotatable bonds is 3. The van der Waals surface area contributed by atoms with Gasteiger partial charge in [-0.05, 0) is 6.92 Å². The van der Waals surface area contributed by atoms with E-state index < -0.39 is 21.2 Å². The molecule has 0 fully saturated rings. The molecule has 0 amide bonds. The van der Waals surface area contributed by atoms with Crippen molar-refractivity contribution in [1.29, 1.82) is 0 Å². The van der Waals surface area contributed by atoms with E-state index in [2.05, 4.69) is 14.7 Å². The molecular weight excluding hydrogens is 212 g/mol. The topological polar surface area (TPSA) is 109 Å². The predicted octanol–water partition coefficient (Wildman–Crippen LogP) is -0.167. The molecule has 1 aromatic heterocycles. The Morgan fingerprint density at radius 1 is 1.71 bits per heavy atom. The summed E-state index contributed by atoms with van der Waals surface area (Å²) in [5.41, 5.74) is -0.125. The molecule has 0 atom stereocenters. The van der Waals surface area contributed by atoms with Gasteiger partial charge in [-0.25, -0.2) is 9.78 Å². The third kappa shape index (κ3) is 2.30. The van der Waals surface area contributed by atoms with Crippen molar-refractivity contribution in [3.63, 3.8) is 0 Å². The van der Waals surface area contributed by atoms with E-state index in [1.54, 1.807) is 6.92 Å². The van der Waals surface area contributed by atoms with E-state index in [9.17, 15) is 13.2 Å². The van der Waals surface area contributed by atoms with E-state index in [0.717, 1.165) is 6.20 Å². The summed E-state index contributed by atoms with van der Waals surface area (Å²) >= 11 is 0. The van der Waals surface area contributed by atoms with E-state index in [0.29, 0.717) is 0 Å². The number of carbonyl (C=O) groups excluding carboxylic acids is 1. The lowest BCUT2D eigenvalue weighted by molar-refractivity contribution is 0.0519. The Morgan fingerprint density at radius 3 is 2.79 bits per heavy atom. The molecule has 0 aliphatic rings. The summed E-state index contributed by atoms with van der Waals surface area (Å²) in [6.07, 6.45) is 0.973. The van der Waals surface area contributed by atoms with Gasteiger partial charge < -0.3 is 9.72 Å². The maximum Gasteiger partial charge on any atom is 0.356 e. The van der Waals surface area contributed by atoms with Crippen molar-refractivity contribution in [3.05, 3.63) is 11.9 Å². The van der Waals surface area contributed by atoms with Crippen LogP contribution in [0.2, 0.25) is 0 Å². The molecule has 1 heterocycles. The van der Waals surface area contributed by atoms with Crippen LogP contribution in [0.15, 0.2) is 11.4 Å². The van der Waals surface area contributed by atoms with Crippen LogP contribution < -0.4 is 0 Å². The smallest absolute Gasteiger partial charge is 0.356 e. The Labute approximate surface area is 79.9 Å². The lowest BCUT2D eigenvalue weighted by Crippen LogP contribution is -2.06. The standard InChI is InChI=1S/C6H8N2O5S/c1-2-13-5(9)4-3-7-6(8-4)14(10,11)12/h3H,2H2,1H3,(H,7,8)(H,10,11,12). The summed E-state index contributed by atoms with van der Waals surface area (Å²) in [6.45, 7) is 1.77. The Hall–Kier alpha value is -1.41. The van der Waals surface area contributed by atoms with Gasteiger partial charge in [0.05, 0.1) is 12.8 Å². The van der Waals surface area contributed by atoms with E-state index in [1.807, 2.05) is 0 Å². The van der Waals surface area contributed by atoms with Gasteiger partial charge >= 0.3 is 16.1 Å². The highest BCUT2D eigenvalue weighted by atomic mass is 32.2. The minimum Gasteiger partial charge on any atom is -0.461 e. The number of imidazole rings is 1. The molecule has 78 valence electrons. The van der Waals surface area contributed by atoms with Gasteiger partial charge in [-0.3, -0.25) is 4.55 Å². The molecule has 0 aliphatic carbocycles. The SMILES string of the molecule is CCOC(=O)c1cnc(S(=O)(=O)O)[nH]1. The largest absolute Gasteiger partial charge is 0.461 e. The highest BCUT2D eigenvalue weighted by Crippen LogP contribution is 2.04. The second kappa shape index (κ2) is 3.76. The average Bonchev–Trinajstić information content (AvgIpc) is 2.51. The number of carbonyl (C=O) groups is 1. The molecule has 7 nitrogen and oxygen atoms in total. The normalized spacial score (nSPS) is 11.3. The number of esters is 1. The fraction of sp³-hybridized carbons (Fsp3) is 0.333. The quantitative estimate of drug-likeness (QED) is 0.540. The van der Waals surface area contributed by atoms with Crippen molar-refractivity contribution in [2.24, 2.45) is 0 Å². The second-order valence-corrected chi connectivity index (χ2v) is 3.63. The highest BCUT2D eigenvalue weighted by molar-refractivity contribution is 7.85. The Bertz CT molecular complexity index is 435. The lowest BCUT2D eigenvalue weighted by atomic mass is 10.5. The predicted molar refractivity (Wildman–Crippen MR) is 44.4 cm³/mol. The fourth-order valence-electron chi connectivity index (χ4n) is 0.747. The zero-order valence-corrected chi connectivity index (χ0v) is 8.04. The monoisotopic (exact) mass is 220 g/mol. The zero-order valence-electron chi connectivity index (χ0n) is 7.22. The van der Waals surface area contributed by atoms with Crippen molar-refractivity contribution in [2.45, 2.75) is 12.1 Å². The minimum absolute atomic E-state index is 0.125.